The lowest BCUT2D eigenvalue weighted by molar-refractivity contribution is 0.200. The van der Waals surface area contributed by atoms with Crippen LogP contribution in [0.25, 0.3) is 0 Å². The molecule has 0 spiro atoms. The molecule has 0 radical (unpaired) electrons. The summed E-state index contributed by atoms with van der Waals surface area (Å²) in [6.07, 6.45) is 2.30. The molecule has 0 saturated carbocycles. The molecule has 0 aromatic heterocycles. The van der Waals surface area contributed by atoms with Crippen LogP contribution in [-0.4, -0.2) is 31.8 Å². The smallest absolute Gasteiger partial charge is 0.0470 e. The zero-order valence-electron chi connectivity index (χ0n) is 14.0. The molecule has 21 heavy (non-hydrogen) atoms. The highest BCUT2D eigenvalue weighted by Crippen LogP contribution is 2.20. The minimum atomic E-state index is 0.454. The molecule has 0 aliphatic heterocycles. The molecule has 0 aliphatic carbocycles. The fourth-order valence-electron chi connectivity index (χ4n) is 2.38. The van der Waals surface area contributed by atoms with Crippen molar-refractivity contribution in [2.75, 3.05) is 31.8 Å². The number of methoxy groups -OCH3 is 1. The minimum Gasteiger partial charge on any atom is -0.385 e. The van der Waals surface area contributed by atoms with Crippen molar-refractivity contribution >= 4 is 11.8 Å². The number of thioether (sulfide) groups is 1. The Morgan fingerprint density at radius 1 is 1.19 bits per heavy atom. The van der Waals surface area contributed by atoms with Crippen LogP contribution in [0.4, 0.5) is 0 Å². The minimum absolute atomic E-state index is 0.454. The Hall–Kier alpha value is -0.510. The van der Waals surface area contributed by atoms with E-state index in [1.807, 2.05) is 11.8 Å². The summed E-state index contributed by atoms with van der Waals surface area (Å²) in [6, 6.07) is 9.61. The van der Waals surface area contributed by atoms with Crippen molar-refractivity contribution in [3.05, 3.63) is 35.4 Å². The Balaban J connectivity index is 2.50. The van der Waals surface area contributed by atoms with Gasteiger partial charge in [0.05, 0.1) is 0 Å². The monoisotopic (exact) mass is 309 g/mol. The highest BCUT2D eigenvalue weighted by molar-refractivity contribution is 7.99. The molecule has 0 aliphatic rings. The second kappa shape index (κ2) is 11.1. The first-order valence-corrected chi connectivity index (χ1v) is 9.21. The molecule has 1 aromatic carbocycles. The third kappa shape index (κ3) is 7.89. The van der Waals surface area contributed by atoms with Gasteiger partial charge in [0.2, 0.25) is 0 Å². The van der Waals surface area contributed by atoms with E-state index in [0.717, 1.165) is 37.7 Å². The Morgan fingerprint density at radius 2 is 1.90 bits per heavy atom. The van der Waals surface area contributed by atoms with E-state index in [1.54, 1.807) is 7.11 Å². The van der Waals surface area contributed by atoms with Crippen LogP contribution in [0.2, 0.25) is 0 Å². The molecule has 0 saturated heterocycles. The van der Waals surface area contributed by atoms with Gasteiger partial charge in [-0.2, -0.15) is 11.8 Å². The van der Waals surface area contributed by atoms with E-state index < -0.39 is 0 Å². The lowest BCUT2D eigenvalue weighted by atomic mass is 10.00. The largest absolute Gasteiger partial charge is 0.385 e. The predicted molar refractivity (Wildman–Crippen MR) is 95.2 cm³/mol. The quantitative estimate of drug-likeness (QED) is 0.616. The van der Waals surface area contributed by atoms with E-state index in [-0.39, 0.29) is 0 Å². The molecule has 1 unspecified atom stereocenters. The van der Waals surface area contributed by atoms with E-state index in [4.69, 9.17) is 4.74 Å². The van der Waals surface area contributed by atoms with E-state index >= 15 is 0 Å². The third-order valence-electron chi connectivity index (χ3n) is 3.40. The second-order valence-electron chi connectivity index (χ2n) is 5.87. The molecule has 1 aromatic rings. The number of benzene rings is 1. The summed E-state index contributed by atoms with van der Waals surface area (Å²) in [7, 11) is 1.77. The third-order valence-corrected chi connectivity index (χ3v) is 4.54. The van der Waals surface area contributed by atoms with E-state index in [2.05, 4.69) is 50.4 Å². The molecule has 0 bridgehead atoms. The van der Waals surface area contributed by atoms with Gasteiger partial charge in [-0.15, -0.1) is 0 Å². The first-order valence-electron chi connectivity index (χ1n) is 8.06. The highest BCUT2D eigenvalue weighted by atomic mass is 32.2. The summed E-state index contributed by atoms with van der Waals surface area (Å²) in [6.45, 7) is 8.59. The Kier molecular flexibility index (Phi) is 9.81. The number of rotatable bonds is 11. The van der Waals surface area contributed by atoms with Crippen molar-refractivity contribution in [1.82, 2.24) is 5.32 Å². The van der Waals surface area contributed by atoms with Crippen LogP contribution >= 0.6 is 11.8 Å². The van der Waals surface area contributed by atoms with Gasteiger partial charge in [0, 0.05) is 25.5 Å². The Labute approximate surface area is 135 Å². The molecule has 1 atom stereocenters. The number of hydrogen-bond acceptors (Lipinski definition) is 3. The average molecular weight is 310 g/mol. The molecule has 0 heterocycles. The Morgan fingerprint density at radius 3 is 2.48 bits per heavy atom. The summed E-state index contributed by atoms with van der Waals surface area (Å²) >= 11 is 2.01. The summed E-state index contributed by atoms with van der Waals surface area (Å²) < 4.78 is 5.10. The SMILES string of the molecule is CCNC(CSCCCOC)c1ccc(CC(C)C)cc1. The van der Waals surface area contributed by atoms with Crippen molar-refractivity contribution in [3.8, 4) is 0 Å². The average Bonchev–Trinajstić information content (AvgIpc) is 2.46. The van der Waals surface area contributed by atoms with Crippen LogP contribution < -0.4 is 5.32 Å². The standard InChI is InChI=1S/C18H31NOS/c1-5-19-18(14-21-12-6-11-20-4)17-9-7-16(8-10-17)13-15(2)3/h7-10,15,18-19H,5-6,11-14H2,1-4H3. The zero-order valence-corrected chi connectivity index (χ0v) is 14.8. The van der Waals surface area contributed by atoms with Crippen molar-refractivity contribution < 1.29 is 4.74 Å². The zero-order chi connectivity index (χ0) is 15.5. The Bertz CT molecular complexity index is 364. The van der Waals surface area contributed by atoms with Crippen molar-refractivity contribution in [1.29, 1.82) is 0 Å². The van der Waals surface area contributed by atoms with Gasteiger partial charge in [-0.25, -0.2) is 0 Å². The van der Waals surface area contributed by atoms with Crippen molar-refractivity contribution in [2.24, 2.45) is 5.92 Å². The molecule has 1 rings (SSSR count). The molecule has 1 N–H and O–H groups in total. The van der Waals surface area contributed by atoms with Gasteiger partial charge >= 0.3 is 0 Å². The van der Waals surface area contributed by atoms with Crippen LogP contribution in [-0.2, 0) is 11.2 Å². The molecule has 120 valence electrons. The first kappa shape index (κ1) is 18.5. The summed E-state index contributed by atoms with van der Waals surface area (Å²) in [5.74, 6) is 3.01. The van der Waals surface area contributed by atoms with Gasteiger partial charge in [0.25, 0.3) is 0 Å². The van der Waals surface area contributed by atoms with Crippen LogP contribution in [0.1, 0.15) is 44.4 Å². The van der Waals surface area contributed by atoms with Gasteiger partial charge in [-0.05, 0) is 42.2 Å². The maximum absolute atomic E-state index is 5.10. The lowest BCUT2D eigenvalue weighted by Crippen LogP contribution is -2.23. The summed E-state index contributed by atoms with van der Waals surface area (Å²) in [5, 5.41) is 3.60. The molecular formula is C18H31NOS. The van der Waals surface area contributed by atoms with E-state index in [0.29, 0.717) is 6.04 Å². The van der Waals surface area contributed by atoms with E-state index in [9.17, 15) is 0 Å². The summed E-state index contributed by atoms with van der Waals surface area (Å²) in [4.78, 5) is 0. The van der Waals surface area contributed by atoms with Crippen LogP contribution in [0.5, 0.6) is 0 Å². The van der Waals surface area contributed by atoms with Gasteiger partial charge in [0.1, 0.15) is 0 Å². The van der Waals surface area contributed by atoms with Gasteiger partial charge < -0.3 is 10.1 Å². The number of nitrogens with one attached hydrogen (secondary N) is 1. The molecule has 0 fully saturated rings. The van der Waals surface area contributed by atoms with Gasteiger partial charge in [-0.1, -0.05) is 45.0 Å². The molecular weight excluding hydrogens is 278 g/mol. The maximum atomic E-state index is 5.10. The van der Waals surface area contributed by atoms with Crippen LogP contribution in [0.3, 0.4) is 0 Å². The predicted octanol–water partition coefficient (Wildman–Crippen LogP) is 4.31. The fraction of sp³-hybridized carbons (Fsp3) is 0.667. The van der Waals surface area contributed by atoms with Crippen molar-refractivity contribution in [3.63, 3.8) is 0 Å². The topological polar surface area (TPSA) is 21.3 Å². The molecule has 0 amide bonds. The van der Waals surface area contributed by atoms with Gasteiger partial charge in [0.15, 0.2) is 0 Å². The number of ether oxygens (including phenoxy) is 1. The van der Waals surface area contributed by atoms with Crippen LogP contribution in [0.15, 0.2) is 24.3 Å². The highest BCUT2D eigenvalue weighted by Gasteiger charge is 2.10. The summed E-state index contributed by atoms with van der Waals surface area (Å²) in [5.41, 5.74) is 2.85. The fourth-order valence-corrected chi connectivity index (χ4v) is 3.42. The van der Waals surface area contributed by atoms with Gasteiger partial charge in [-0.3, -0.25) is 0 Å². The first-order chi connectivity index (χ1) is 10.2. The number of hydrogen-bond donors (Lipinski definition) is 1. The van der Waals surface area contributed by atoms with E-state index in [1.165, 1.54) is 16.9 Å². The maximum Gasteiger partial charge on any atom is 0.0470 e. The van der Waals surface area contributed by atoms with Crippen molar-refractivity contribution in [2.45, 2.75) is 39.7 Å². The van der Waals surface area contributed by atoms with Crippen LogP contribution in [0, 0.1) is 5.92 Å². The molecule has 3 heteroatoms. The second-order valence-corrected chi connectivity index (χ2v) is 7.02. The lowest BCUT2D eigenvalue weighted by Gasteiger charge is -2.18. The normalized spacial score (nSPS) is 12.8. The molecule has 2 nitrogen and oxygen atoms in total.